The number of benzene rings is 1. The summed E-state index contributed by atoms with van der Waals surface area (Å²) in [7, 11) is 1.40. The zero-order chi connectivity index (χ0) is 13.1. The fourth-order valence-electron chi connectivity index (χ4n) is 1.52. The monoisotopic (exact) mass is 261 g/mol. The Kier molecular flexibility index (Phi) is 3.53. The molecule has 0 saturated heterocycles. The Balaban J connectivity index is 2.66. The molecular weight excluding hydrogens is 250 g/mol. The molecule has 0 aliphatic rings. The highest BCUT2D eigenvalue weighted by atomic mass is 32.2. The molecule has 2 rings (SSSR count). The molecular formula is C12H11N3O2S. The average Bonchev–Trinajstić information content (AvgIpc) is 2.39. The lowest BCUT2D eigenvalue weighted by Crippen LogP contribution is -2.28. The maximum absolute atomic E-state index is 12.2. The van der Waals surface area contributed by atoms with Gasteiger partial charge in [-0.1, -0.05) is 23.9 Å². The first-order chi connectivity index (χ1) is 8.67. The second-order valence-electron chi connectivity index (χ2n) is 3.58. The molecule has 1 aromatic carbocycles. The largest absolute Gasteiger partial charge is 0.411 e. The molecule has 0 bridgehead atoms. The molecule has 18 heavy (non-hydrogen) atoms. The topological polar surface area (TPSA) is 67.9 Å². The molecule has 0 aliphatic carbocycles. The second kappa shape index (κ2) is 5.10. The van der Waals surface area contributed by atoms with E-state index in [2.05, 4.69) is 11.1 Å². The predicted molar refractivity (Wildman–Crippen MR) is 69.4 cm³/mol. The first-order valence-corrected chi connectivity index (χ1v) is 6.18. The lowest BCUT2D eigenvalue weighted by Gasteiger charge is -2.11. The SMILES string of the molecule is COn1c(S[C@@H](C)C#N)nc2ccccc2c1=O. The summed E-state index contributed by atoms with van der Waals surface area (Å²) in [6.45, 7) is 1.74. The Labute approximate surface area is 108 Å². The molecule has 1 aromatic heterocycles. The summed E-state index contributed by atoms with van der Waals surface area (Å²) >= 11 is 1.19. The number of hydrogen-bond donors (Lipinski definition) is 0. The molecule has 2 aromatic rings. The summed E-state index contributed by atoms with van der Waals surface area (Å²) in [6, 6.07) is 9.13. The summed E-state index contributed by atoms with van der Waals surface area (Å²) in [4.78, 5) is 21.5. The van der Waals surface area contributed by atoms with Crippen LogP contribution >= 0.6 is 11.8 Å². The Morgan fingerprint density at radius 2 is 2.22 bits per heavy atom. The summed E-state index contributed by atoms with van der Waals surface area (Å²) in [6.07, 6.45) is 0. The lowest BCUT2D eigenvalue weighted by molar-refractivity contribution is 0.131. The quantitative estimate of drug-likeness (QED) is 0.618. The van der Waals surface area contributed by atoms with Crippen LogP contribution in [0.15, 0.2) is 34.2 Å². The molecule has 0 radical (unpaired) electrons. The molecule has 0 aliphatic heterocycles. The van der Waals surface area contributed by atoms with Crippen LogP contribution in [0.3, 0.4) is 0 Å². The van der Waals surface area contributed by atoms with Crippen molar-refractivity contribution in [3.8, 4) is 6.07 Å². The van der Waals surface area contributed by atoms with E-state index in [0.717, 1.165) is 4.73 Å². The molecule has 0 spiro atoms. The molecule has 0 amide bonds. The minimum absolute atomic E-state index is 0.268. The van der Waals surface area contributed by atoms with Gasteiger partial charge in [-0.3, -0.25) is 4.79 Å². The first-order valence-electron chi connectivity index (χ1n) is 5.30. The van der Waals surface area contributed by atoms with E-state index in [1.807, 2.05) is 6.07 Å². The van der Waals surface area contributed by atoms with E-state index >= 15 is 0 Å². The van der Waals surface area contributed by atoms with Crippen LogP contribution in [-0.2, 0) is 0 Å². The number of thioether (sulfide) groups is 1. The molecule has 0 N–H and O–H groups in total. The fraction of sp³-hybridized carbons (Fsp3) is 0.250. The number of rotatable bonds is 3. The first kappa shape index (κ1) is 12.5. The predicted octanol–water partition coefficient (Wildman–Crippen LogP) is 1.46. The van der Waals surface area contributed by atoms with E-state index in [1.165, 1.54) is 18.9 Å². The zero-order valence-electron chi connectivity index (χ0n) is 9.95. The van der Waals surface area contributed by atoms with Gasteiger partial charge in [-0.25, -0.2) is 4.98 Å². The van der Waals surface area contributed by atoms with Gasteiger partial charge in [0.1, 0.15) is 7.11 Å². The van der Waals surface area contributed by atoms with E-state index in [4.69, 9.17) is 10.1 Å². The molecule has 92 valence electrons. The van der Waals surface area contributed by atoms with Gasteiger partial charge in [0.25, 0.3) is 5.56 Å². The van der Waals surface area contributed by atoms with E-state index in [0.29, 0.717) is 16.1 Å². The van der Waals surface area contributed by atoms with E-state index < -0.39 is 0 Å². The maximum atomic E-state index is 12.2. The molecule has 0 unspecified atom stereocenters. The third-order valence-electron chi connectivity index (χ3n) is 2.36. The van der Waals surface area contributed by atoms with Crippen molar-refractivity contribution in [2.75, 3.05) is 7.11 Å². The minimum atomic E-state index is -0.306. The maximum Gasteiger partial charge on any atom is 0.295 e. The average molecular weight is 261 g/mol. The van der Waals surface area contributed by atoms with Gasteiger partial charge >= 0.3 is 0 Å². The van der Waals surface area contributed by atoms with E-state index in [1.54, 1.807) is 25.1 Å². The highest BCUT2D eigenvalue weighted by molar-refractivity contribution is 8.00. The van der Waals surface area contributed by atoms with Crippen molar-refractivity contribution in [1.29, 1.82) is 5.26 Å². The number of para-hydroxylation sites is 1. The van der Waals surface area contributed by atoms with Gasteiger partial charge in [-0.2, -0.15) is 5.26 Å². The molecule has 5 nitrogen and oxygen atoms in total. The minimum Gasteiger partial charge on any atom is -0.411 e. The van der Waals surface area contributed by atoms with Gasteiger partial charge in [0, 0.05) is 0 Å². The smallest absolute Gasteiger partial charge is 0.295 e. The number of fused-ring (bicyclic) bond motifs is 1. The fourth-order valence-corrected chi connectivity index (χ4v) is 2.29. The second-order valence-corrected chi connectivity index (χ2v) is 4.89. The van der Waals surface area contributed by atoms with Gasteiger partial charge in [-0.15, -0.1) is 4.73 Å². The van der Waals surface area contributed by atoms with Crippen molar-refractivity contribution < 1.29 is 4.84 Å². The van der Waals surface area contributed by atoms with Gasteiger partial charge in [0.15, 0.2) is 0 Å². The van der Waals surface area contributed by atoms with Crippen LogP contribution in [0.5, 0.6) is 0 Å². The van der Waals surface area contributed by atoms with E-state index in [9.17, 15) is 4.79 Å². The van der Waals surface area contributed by atoms with Crippen LogP contribution < -0.4 is 10.4 Å². The Morgan fingerprint density at radius 1 is 1.50 bits per heavy atom. The van der Waals surface area contributed by atoms with Crippen LogP contribution in [0.2, 0.25) is 0 Å². The van der Waals surface area contributed by atoms with Crippen LogP contribution in [0.25, 0.3) is 10.9 Å². The Morgan fingerprint density at radius 3 is 2.89 bits per heavy atom. The number of nitrogens with zero attached hydrogens (tertiary/aromatic N) is 3. The van der Waals surface area contributed by atoms with Gasteiger partial charge < -0.3 is 4.84 Å². The van der Waals surface area contributed by atoms with Crippen molar-refractivity contribution in [2.45, 2.75) is 17.3 Å². The standard InChI is InChI=1S/C12H11N3O2S/c1-8(7-13)18-12-14-10-6-4-3-5-9(10)11(16)15(12)17-2/h3-6,8H,1-2H3/t8-/m0/s1. The third kappa shape index (κ3) is 2.17. The lowest BCUT2D eigenvalue weighted by atomic mass is 10.2. The van der Waals surface area contributed by atoms with Crippen LogP contribution in [-0.4, -0.2) is 22.1 Å². The summed E-state index contributed by atoms with van der Waals surface area (Å²) in [5.41, 5.74) is 0.333. The summed E-state index contributed by atoms with van der Waals surface area (Å²) < 4.78 is 1.11. The molecule has 6 heteroatoms. The highest BCUT2D eigenvalue weighted by Gasteiger charge is 2.14. The van der Waals surface area contributed by atoms with Crippen LogP contribution in [0.1, 0.15) is 6.92 Å². The normalized spacial score (nSPS) is 12.1. The Hall–Kier alpha value is -2.00. The zero-order valence-corrected chi connectivity index (χ0v) is 10.8. The van der Waals surface area contributed by atoms with Gasteiger partial charge in [0.2, 0.25) is 5.16 Å². The summed E-state index contributed by atoms with van der Waals surface area (Å²) in [5, 5.41) is 9.39. The van der Waals surface area contributed by atoms with Gasteiger partial charge in [0.05, 0.1) is 22.2 Å². The van der Waals surface area contributed by atoms with Crippen molar-refractivity contribution in [3.63, 3.8) is 0 Å². The van der Waals surface area contributed by atoms with Crippen molar-refractivity contribution in [1.82, 2.24) is 9.71 Å². The third-order valence-corrected chi connectivity index (χ3v) is 3.28. The number of hydrogen-bond acceptors (Lipinski definition) is 5. The van der Waals surface area contributed by atoms with Crippen molar-refractivity contribution in [3.05, 3.63) is 34.6 Å². The van der Waals surface area contributed by atoms with Gasteiger partial charge in [-0.05, 0) is 19.1 Å². The number of aromatic nitrogens is 2. The van der Waals surface area contributed by atoms with Crippen molar-refractivity contribution in [2.24, 2.45) is 0 Å². The van der Waals surface area contributed by atoms with Crippen molar-refractivity contribution >= 4 is 22.7 Å². The molecule has 0 fully saturated rings. The molecule has 0 saturated carbocycles. The van der Waals surface area contributed by atoms with Crippen LogP contribution in [0.4, 0.5) is 0 Å². The van der Waals surface area contributed by atoms with Crippen LogP contribution in [0, 0.1) is 11.3 Å². The molecule has 1 heterocycles. The number of nitriles is 1. The summed E-state index contributed by atoms with van der Waals surface area (Å²) in [5.74, 6) is 0. The molecule has 1 atom stereocenters. The van der Waals surface area contributed by atoms with E-state index in [-0.39, 0.29) is 10.8 Å². The Bertz CT molecular complexity index is 675. The highest BCUT2D eigenvalue weighted by Crippen LogP contribution is 2.20.